The lowest BCUT2D eigenvalue weighted by Crippen LogP contribution is -3.16. The molecule has 2 aliphatic heterocycles. The Morgan fingerprint density at radius 3 is 2.30 bits per heavy atom. The van der Waals surface area contributed by atoms with Crippen LogP contribution in [0, 0.1) is 0 Å². The molecule has 2 heterocycles. The summed E-state index contributed by atoms with van der Waals surface area (Å²) >= 11 is 0. The smallest absolute Gasteiger partial charge is 0.329 e. The number of hydrogen-bond donors (Lipinski definition) is 2. The first kappa shape index (κ1) is 20.2. The number of amides is 3. The number of urea groups is 1. The fourth-order valence-corrected chi connectivity index (χ4v) is 4.39. The van der Waals surface area contributed by atoms with Crippen LogP contribution in [-0.4, -0.2) is 56.8 Å². The first-order chi connectivity index (χ1) is 14.6. The maximum absolute atomic E-state index is 13.3. The number of rotatable bonds is 6. The molecule has 2 saturated heterocycles. The molecule has 7 heteroatoms. The molecule has 2 N–H and O–H groups in total. The summed E-state index contributed by atoms with van der Waals surface area (Å²) < 4.78 is 5.23. The predicted molar refractivity (Wildman–Crippen MR) is 115 cm³/mol. The molecule has 2 aromatic rings. The molecule has 0 aromatic heterocycles. The van der Waals surface area contributed by atoms with E-state index < -0.39 is 5.54 Å². The van der Waals surface area contributed by atoms with Gasteiger partial charge < -0.3 is 19.9 Å². The molecule has 0 radical (unpaired) electrons. The summed E-state index contributed by atoms with van der Waals surface area (Å²) in [6, 6.07) is 17.3. The maximum Gasteiger partial charge on any atom is 0.329 e. The van der Waals surface area contributed by atoms with E-state index >= 15 is 0 Å². The summed E-state index contributed by atoms with van der Waals surface area (Å²) in [6.45, 7) is 5.83. The van der Waals surface area contributed by atoms with Gasteiger partial charge in [0, 0.05) is 5.69 Å². The topological polar surface area (TPSA) is 66.3 Å². The van der Waals surface area contributed by atoms with Crippen LogP contribution in [0.2, 0.25) is 0 Å². The number of piperazine rings is 1. The highest BCUT2D eigenvalue weighted by Gasteiger charge is 2.52. The third kappa shape index (κ3) is 3.61. The lowest BCUT2D eigenvalue weighted by atomic mass is 9.87. The average Bonchev–Trinajstić information content (AvgIpc) is 3.05. The van der Waals surface area contributed by atoms with E-state index in [9.17, 15) is 9.59 Å². The highest BCUT2D eigenvalue weighted by molar-refractivity contribution is 6.07. The second-order valence-electron chi connectivity index (χ2n) is 7.88. The molecular weight excluding hydrogens is 380 g/mol. The van der Waals surface area contributed by atoms with Crippen molar-refractivity contribution in [2.45, 2.75) is 18.9 Å². The van der Waals surface area contributed by atoms with Gasteiger partial charge in [0.05, 0.1) is 33.3 Å². The molecule has 3 amide bonds. The number of carbonyl (C=O) groups is 2. The number of anilines is 1. The van der Waals surface area contributed by atoms with Gasteiger partial charge in [0.25, 0.3) is 5.91 Å². The minimum absolute atomic E-state index is 0.147. The Kier molecular flexibility index (Phi) is 5.63. The average molecular weight is 410 g/mol. The molecule has 0 bridgehead atoms. The van der Waals surface area contributed by atoms with E-state index in [1.165, 1.54) is 15.5 Å². The fourth-order valence-electron chi connectivity index (χ4n) is 4.39. The molecule has 0 unspecified atom stereocenters. The zero-order valence-electron chi connectivity index (χ0n) is 17.6. The largest absolute Gasteiger partial charge is 0.497 e. The number of nitrogens with one attached hydrogen (secondary N) is 2. The highest BCUT2D eigenvalue weighted by Crippen LogP contribution is 2.31. The second-order valence-corrected chi connectivity index (χ2v) is 7.88. The van der Waals surface area contributed by atoms with Gasteiger partial charge in [-0.2, -0.15) is 0 Å². The van der Waals surface area contributed by atoms with Crippen LogP contribution in [0.1, 0.15) is 18.9 Å². The molecule has 2 aromatic carbocycles. The normalized spacial score (nSPS) is 22.3. The van der Waals surface area contributed by atoms with E-state index in [4.69, 9.17) is 4.74 Å². The second kappa shape index (κ2) is 8.36. The van der Waals surface area contributed by atoms with Crippen LogP contribution >= 0.6 is 0 Å². The quantitative estimate of drug-likeness (QED) is 0.704. The summed E-state index contributed by atoms with van der Waals surface area (Å²) in [4.78, 5) is 31.0. The maximum atomic E-state index is 13.3. The fraction of sp³-hybridized carbons (Fsp3) is 0.391. The molecular formula is C23H29N4O3+. The van der Waals surface area contributed by atoms with Crippen LogP contribution in [0.4, 0.5) is 10.5 Å². The van der Waals surface area contributed by atoms with Gasteiger partial charge in [-0.1, -0.05) is 37.3 Å². The summed E-state index contributed by atoms with van der Waals surface area (Å²) in [5, 5.41) is 2.97. The van der Waals surface area contributed by atoms with Crippen LogP contribution in [-0.2, 0) is 10.3 Å². The van der Waals surface area contributed by atoms with Crippen molar-refractivity contribution in [2.75, 3.05) is 44.9 Å². The number of carbonyl (C=O) groups excluding carboxylic acids is 2. The van der Waals surface area contributed by atoms with Crippen molar-refractivity contribution in [3.05, 3.63) is 60.2 Å². The van der Waals surface area contributed by atoms with Gasteiger partial charge in [0.15, 0.2) is 6.67 Å². The van der Waals surface area contributed by atoms with Gasteiger partial charge in [0.1, 0.15) is 11.3 Å². The van der Waals surface area contributed by atoms with Crippen molar-refractivity contribution in [3.8, 4) is 5.75 Å². The molecule has 0 spiro atoms. The zero-order valence-corrected chi connectivity index (χ0v) is 17.6. The van der Waals surface area contributed by atoms with Gasteiger partial charge in [-0.3, -0.25) is 4.79 Å². The van der Waals surface area contributed by atoms with Crippen LogP contribution in [0.25, 0.3) is 0 Å². The van der Waals surface area contributed by atoms with E-state index in [2.05, 4.69) is 22.3 Å². The van der Waals surface area contributed by atoms with E-state index in [-0.39, 0.29) is 11.9 Å². The Bertz CT molecular complexity index is 894. The molecule has 4 rings (SSSR count). The van der Waals surface area contributed by atoms with Crippen molar-refractivity contribution in [2.24, 2.45) is 0 Å². The Balaban J connectivity index is 1.40. The number of quaternary nitrogens is 1. The van der Waals surface area contributed by atoms with E-state index in [1.807, 2.05) is 49.4 Å². The van der Waals surface area contributed by atoms with Crippen molar-refractivity contribution in [1.29, 1.82) is 0 Å². The van der Waals surface area contributed by atoms with Gasteiger partial charge in [0.2, 0.25) is 0 Å². The molecule has 2 fully saturated rings. The summed E-state index contributed by atoms with van der Waals surface area (Å²) in [7, 11) is 1.66. The lowest BCUT2D eigenvalue weighted by molar-refractivity contribution is -0.907. The van der Waals surface area contributed by atoms with Gasteiger partial charge >= 0.3 is 6.03 Å². The third-order valence-corrected chi connectivity index (χ3v) is 6.26. The SMILES string of the molecule is CC[C@@]1(c2ccccc2)NC(=O)N(C[NH+]2CCN(c3ccc(OC)cc3)CC2)C1=O. The molecule has 1 atom stereocenters. The zero-order chi connectivity index (χ0) is 21.1. The Hall–Kier alpha value is -3.06. The lowest BCUT2D eigenvalue weighted by Gasteiger charge is -2.35. The van der Waals surface area contributed by atoms with Gasteiger partial charge in [-0.25, -0.2) is 9.69 Å². The van der Waals surface area contributed by atoms with Gasteiger partial charge in [-0.15, -0.1) is 0 Å². The number of imide groups is 1. The molecule has 0 saturated carbocycles. The number of ether oxygens (including phenoxy) is 1. The van der Waals surface area contributed by atoms with Crippen LogP contribution in [0.15, 0.2) is 54.6 Å². The van der Waals surface area contributed by atoms with Crippen LogP contribution < -0.4 is 19.9 Å². The minimum atomic E-state index is -0.956. The van der Waals surface area contributed by atoms with E-state index in [0.29, 0.717) is 13.1 Å². The molecule has 158 valence electrons. The summed E-state index contributed by atoms with van der Waals surface area (Å²) in [6.07, 6.45) is 0.526. The number of hydrogen-bond acceptors (Lipinski definition) is 4. The highest BCUT2D eigenvalue weighted by atomic mass is 16.5. The van der Waals surface area contributed by atoms with Crippen LogP contribution in [0.3, 0.4) is 0 Å². The van der Waals surface area contributed by atoms with Gasteiger partial charge in [-0.05, 0) is 36.2 Å². The van der Waals surface area contributed by atoms with Crippen molar-refractivity contribution >= 4 is 17.6 Å². The Morgan fingerprint density at radius 2 is 1.70 bits per heavy atom. The third-order valence-electron chi connectivity index (χ3n) is 6.26. The molecule has 0 aliphatic carbocycles. The monoisotopic (exact) mass is 409 g/mol. The first-order valence-electron chi connectivity index (χ1n) is 10.5. The van der Waals surface area contributed by atoms with Crippen LogP contribution in [0.5, 0.6) is 5.75 Å². The van der Waals surface area contributed by atoms with E-state index in [0.717, 1.165) is 37.5 Å². The van der Waals surface area contributed by atoms with Crippen molar-refractivity contribution in [3.63, 3.8) is 0 Å². The Morgan fingerprint density at radius 1 is 1.03 bits per heavy atom. The van der Waals surface area contributed by atoms with Crippen molar-refractivity contribution < 1.29 is 19.2 Å². The standard InChI is InChI=1S/C23H28N4O3/c1-3-23(18-7-5-4-6-8-18)21(28)27(22(29)24-23)17-25-13-15-26(16-14-25)19-9-11-20(30-2)12-10-19/h4-12H,3,13-17H2,1-2H3,(H,24,29)/p+1/t23-/m0/s1. The predicted octanol–water partition coefficient (Wildman–Crippen LogP) is 1.21. The first-order valence-corrected chi connectivity index (χ1v) is 10.5. The number of nitrogens with zero attached hydrogens (tertiary/aromatic N) is 2. The molecule has 7 nitrogen and oxygen atoms in total. The van der Waals surface area contributed by atoms with E-state index in [1.54, 1.807) is 7.11 Å². The number of methoxy groups -OCH3 is 1. The van der Waals surface area contributed by atoms with Crippen molar-refractivity contribution in [1.82, 2.24) is 10.2 Å². The Labute approximate surface area is 177 Å². The summed E-state index contributed by atoms with van der Waals surface area (Å²) in [5.41, 5.74) is 1.05. The molecule has 2 aliphatic rings. The molecule has 30 heavy (non-hydrogen) atoms. The number of benzene rings is 2. The summed E-state index contributed by atoms with van der Waals surface area (Å²) in [5.74, 6) is 0.700. The minimum Gasteiger partial charge on any atom is -0.497 e.